The summed E-state index contributed by atoms with van der Waals surface area (Å²) < 4.78 is 5.13. The molecule has 2 rings (SSSR count). The quantitative estimate of drug-likeness (QED) is 0.801. The lowest BCUT2D eigenvalue weighted by Gasteiger charge is -1.97. The van der Waals surface area contributed by atoms with Crippen LogP contribution in [0.2, 0.25) is 0 Å². The lowest BCUT2D eigenvalue weighted by atomic mass is 10.2. The molecule has 0 radical (unpaired) electrons. The highest BCUT2D eigenvalue weighted by Crippen LogP contribution is 2.21. The van der Waals surface area contributed by atoms with E-state index in [2.05, 4.69) is 33.0 Å². The molecule has 0 bridgehead atoms. The molecule has 2 aromatic rings. The zero-order valence-corrected chi connectivity index (χ0v) is 8.89. The van der Waals surface area contributed by atoms with Crippen LogP contribution in [0.5, 0.6) is 5.75 Å². The maximum atomic E-state index is 5.13. The molecule has 2 nitrogen and oxygen atoms in total. The van der Waals surface area contributed by atoms with Gasteiger partial charge in [0.05, 0.1) is 7.11 Å². The van der Waals surface area contributed by atoms with Crippen molar-refractivity contribution in [2.45, 2.75) is 5.33 Å². The van der Waals surface area contributed by atoms with E-state index >= 15 is 0 Å². The average molecular weight is 240 g/mol. The summed E-state index contributed by atoms with van der Waals surface area (Å²) in [5.74, 6) is 0.885. The molecule has 0 atom stereocenters. The Balaban J connectivity index is 2.57. The third kappa shape index (κ3) is 1.56. The molecule has 68 valence electrons. The van der Waals surface area contributed by atoms with Gasteiger partial charge in [-0.1, -0.05) is 15.9 Å². The summed E-state index contributed by atoms with van der Waals surface area (Å²) in [5, 5.41) is 2.07. The van der Waals surface area contributed by atoms with Gasteiger partial charge < -0.3 is 9.72 Å². The van der Waals surface area contributed by atoms with Crippen molar-refractivity contribution in [3.8, 4) is 5.75 Å². The number of hydrogen-bond donors (Lipinski definition) is 1. The summed E-state index contributed by atoms with van der Waals surface area (Å²) in [7, 11) is 1.68. The predicted molar refractivity (Wildman–Crippen MR) is 57.5 cm³/mol. The maximum Gasteiger partial charge on any atom is 0.120 e. The monoisotopic (exact) mass is 239 g/mol. The topological polar surface area (TPSA) is 25.0 Å². The first kappa shape index (κ1) is 8.63. The minimum Gasteiger partial charge on any atom is -0.497 e. The van der Waals surface area contributed by atoms with Gasteiger partial charge in [-0.25, -0.2) is 0 Å². The number of nitrogens with one attached hydrogen (secondary N) is 1. The number of aromatic nitrogens is 1. The number of benzene rings is 1. The largest absolute Gasteiger partial charge is 0.497 e. The van der Waals surface area contributed by atoms with Crippen LogP contribution in [-0.2, 0) is 5.33 Å². The van der Waals surface area contributed by atoms with Gasteiger partial charge in [0.1, 0.15) is 5.75 Å². The summed E-state index contributed by atoms with van der Waals surface area (Å²) >= 11 is 3.41. The van der Waals surface area contributed by atoms with Gasteiger partial charge in [-0.3, -0.25) is 0 Å². The summed E-state index contributed by atoms with van der Waals surface area (Å²) in [6.07, 6.45) is 0. The molecule has 0 fully saturated rings. The summed E-state index contributed by atoms with van der Waals surface area (Å²) in [5.41, 5.74) is 2.30. The zero-order chi connectivity index (χ0) is 9.26. The van der Waals surface area contributed by atoms with E-state index in [-0.39, 0.29) is 0 Å². The van der Waals surface area contributed by atoms with E-state index in [1.54, 1.807) is 7.11 Å². The minimum atomic E-state index is 0.851. The van der Waals surface area contributed by atoms with Crippen molar-refractivity contribution < 1.29 is 4.74 Å². The first-order chi connectivity index (χ1) is 6.33. The van der Waals surface area contributed by atoms with Gasteiger partial charge in [0.15, 0.2) is 0 Å². The van der Waals surface area contributed by atoms with Crippen LogP contribution in [0.4, 0.5) is 0 Å². The lowest BCUT2D eigenvalue weighted by Crippen LogP contribution is -1.81. The molecule has 0 aliphatic rings. The normalized spacial score (nSPS) is 10.6. The standard InChI is InChI=1S/C10H10BrNO/c1-13-9-3-2-7-4-8(6-11)12-10(7)5-9/h2-5,12H,6H2,1H3. The van der Waals surface area contributed by atoms with Crippen LogP contribution in [0.25, 0.3) is 10.9 Å². The number of methoxy groups -OCH3 is 1. The summed E-state index contributed by atoms with van der Waals surface area (Å²) in [6.45, 7) is 0. The Bertz CT molecular complexity index is 420. The third-order valence-corrected chi connectivity index (χ3v) is 2.63. The van der Waals surface area contributed by atoms with Crippen LogP contribution in [0, 0.1) is 0 Å². The van der Waals surface area contributed by atoms with Gasteiger partial charge in [0, 0.05) is 22.6 Å². The molecule has 0 saturated heterocycles. The lowest BCUT2D eigenvalue weighted by molar-refractivity contribution is 0.415. The number of aromatic amines is 1. The van der Waals surface area contributed by atoms with E-state index in [0.717, 1.165) is 16.6 Å². The Morgan fingerprint density at radius 2 is 2.23 bits per heavy atom. The van der Waals surface area contributed by atoms with Gasteiger partial charge >= 0.3 is 0 Å². The molecule has 0 spiro atoms. The highest BCUT2D eigenvalue weighted by atomic mass is 79.9. The van der Waals surface area contributed by atoms with Crippen LogP contribution >= 0.6 is 15.9 Å². The van der Waals surface area contributed by atoms with E-state index in [4.69, 9.17) is 4.74 Å². The summed E-state index contributed by atoms with van der Waals surface area (Å²) in [4.78, 5) is 3.29. The molecule has 0 aliphatic carbocycles. The molecule has 3 heteroatoms. The minimum absolute atomic E-state index is 0.851. The van der Waals surface area contributed by atoms with Gasteiger partial charge in [-0.2, -0.15) is 0 Å². The van der Waals surface area contributed by atoms with Crippen molar-refractivity contribution in [1.29, 1.82) is 0 Å². The second-order valence-electron chi connectivity index (χ2n) is 2.88. The van der Waals surface area contributed by atoms with Gasteiger partial charge in [-0.15, -0.1) is 0 Å². The first-order valence-corrected chi connectivity index (χ1v) is 5.17. The Kier molecular flexibility index (Phi) is 2.27. The predicted octanol–water partition coefficient (Wildman–Crippen LogP) is 3.07. The summed E-state index contributed by atoms with van der Waals surface area (Å²) in [6, 6.07) is 8.15. The van der Waals surface area contributed by atoms with Crippen molar-refractivity contribution in [2.24, 2.45) is 0 Å². The van der Waals surface area contributed by atoms with Crippen molar-refractivity contribution in [3.05, 3.63) is 30.0 Å². The number of H-pyrrole nitrogens is 1. The molecule has 1 heterocycles. The van der Waals surface area contributed by atoms with Crippen molar-refractivity contribution >= 4 is 26.8 Å². The first-order valence-electron chi connectivity index (χ1n) is 4.05. The number of hydrogen-bond acceptors (Lipinski definition) is 1. The van der Waals surface area contributed by atoms with Crippen LogP contribution in [0.1, 0.15) is 5.69 Å². The third-order valence-electron chi connectivity index (χ3n) is 2.03. The van der Waals surface area contributed by atoms with Gasteiger partial charge in [-0.05, 0) is 23.6 Å². The maximum absolute atomic E-state index is 5.13. The SMILES string of the molecule is COc1ccc2cc(CBr)[nH]c2c1. The molecule has 0 unspecified atom stereocenters. The van der Waals surface area contributed by atoms with Crippen LogP contribution < -0.4 is 4.74 Å². The van der Waals surface area contributed by atoms with Gasteiger partial charge in [0.25, 0.3) is 0 Å². The van der Waals surface area contributed by atoms with Crippen molar-refractivity contribution in [1.82, 2.24) is 4.98 Å². The Labute approximate surface area is 85.0 Å². The van der Waals surface area contributed by atoms with E-state index in [1.165, 1.54) is 11.1 Å². The molecular formula is C10H10BrNO. The van der Waals surface area contributed by atoms with E-state index in [0.29, 0.717) is 0 Å². The molecule has 1 aromatic carbocycles. The fourth-order valence-corrected chi connectivity index (χ4v) is 1.67. The van der Waals surface area contributed by atoms with Crippen molar-refractivity contribution in [3.63, 3.8) is 0 Å². The van der Waals surface area contributed by atoms with E-state index in [9.17, 15) is 0 Å². The van der Waals surface area contributed by atoms with Crippen LogP contribution in [0.3, 0.4) is 0 Å². The van der Waals surface area contributed by atoms with Crippen LogP contribution in [-0.4, -0.2) is 12.1 Å². The number of ether oxygens (including phenoxy) is 1. The van der Waals surface area contributed by atoms with Gasteiger partial charge in [0.2, 0.25) is 0 Å². The van der Waals surface area contributed by atoms with Crippen molar-refractivity contribution in [2.75, 3.05) is 7.11 Å². The molecular weight excluding hydrogens is 230 g/mol. The Morgan fingerprint density at radius 1 is 1.38 bits per heavy atom. The Morgan fingerprint density at radius 3 is 2.92 bits per heavy atom. The molecule has 13 heavy (non-hydrogen) atoms. The molecule has 1 N–H and O–H groups in total. The second kappa shape index (κ2) is 3.42. The zero-order valence-electron chi connectivity index (χ0n) is 7.30. The van der Waals surface area contributed by atoms with Crippen LogP contribution in [0.15, 0.2) is 24.3 Å². The highest BCUT2D eigenvalue weighted by Gasteiger charge is 2.00. The fourth-order valence-electron chi connectivity index (χ4n) is 1.37. The van der Waals surface area contributed by atoms with E-state index < -0.39 is 0 Å². The Hall–Kier alpha value is -0.960. The number of halogens is 1. The molecule has 0 aliphatic heterocycles. The molecule has 1 aromatic heterocycles. The fraction of sp³-hybridized carbons (Fsp3) is 0.200. The number of rotatable bonds is 2. The number of alkyl halides is 1. The van der Waals surface area contributed by atoms with E-state index in [1.807, 2.05) is 12.1 Å². The smallest absolute Gasteiger partial charge is 0.120 e. The second-order valence-corrected chi connectivity index (χ2v) is 3.44. The average Bonchev–Trinajstić information content (AvgIpc) is 2.58. The molecule has 0 amide bonds. The highest BCUT2D eigenvalue weighted by molar-refractivity contribution is 9.08. The number of fused-ring (bicyclic) bond motifs is 1. The molecule has 0 saturated carbocycles.